The molecule has 1 unspecified atom stereocenters. The summed E-state index contributed by atoms with van der Waals surface area (Å²) in [6.45, 7) is 2.45. The van der Waals surface area contributed by atoms with Gasteiger partial charge in [-0.2, -0.15) is 0 Å². The monoisotopic (exact) mass is 301 g/mol. The molecule has 1 heterocycles. The highest BCUT2D eigenvalue weighted by molar-refractivity contribution is 5.88. The molecule has 1 aromatic heterocycles. The van der Waals surface area contributed by atoms with E-state index >= 15 is 0 Å². The molecule has 0 aliphatic carbocycles. The summed E-state index contributed by atoms with van der Waals surface area (Å²) >= 11 is 0. The van der Waals surface area contributed by atoms with Crippen molar-refractivity contribution in [2.24, 2.45) is 0 Å². The second kappa shape index (κ2) is 6.75. The third-order valence-corrected chi connectivity index (χ3v) is 3.96. The summed E-state index contributed by atoms with van der Waals surface area (Å²) < 4.78 is 5.35. The average Bonchev–Trinajstić information content (AvgIpc) is 2.53. The first-order valence-corrected chi connectivity index (χ1v) is 7.27. The summed E-state index contributed by atoms with van der Waals surface area (Å²) in [4.78, 5) is 20.4. The van der Waals surface area contributed by atoms with Crippen LogP contribution < -0.4 is 4.74 Å². The van der Waals surface area contributed by atoms with E-state index in [0.29, 0.717) is 6.54 Å². The van der Waals surface area contributed by atoms with Gasteiger partial charge >= 0.3 is 0 Å². The van der Waals surface area contributed by atoms with Crippen molar-refractivity contribution in [2.45, 2.75) is 19.5 Å². The third kappa shape index (κ3) is 3.20. The molecule has 1 aromatic carbocycles. The third-order valence-electron chi connectivity index (χ3n) is 3.96. The van der Waals surface area contributed by atoms with E-state index in [4.69, 9.17) is 4.74 Å². The van der Waals surface area contributed by atoms with E-state index in [1.807, 2.05) is 57.2 Å². The molecule has 118 valence electrons. The van der Waals surface area contributed by atoms with Gasteiger partial charge in [-0.15, -0.1) is 0 Å². The van der Waals surface area contributed by atoms with Crippen molar-refractivity contribution in [1.82, 2.24) is 14.8 Å². The molecule has 0 radical (unpaired) electrons. The summed E-state index contributed by atoms with van der Waals surface area (Å²) in [6.07, 6.45) is 1.75. The molecule has 0 saturated heterocycles. The van der Waals surface area contributed by atoms with Crippen molar-refractivity contribution in [2.75, 3.05) is 28.3 Å². The average molecular weight is 301 g/mol. The van der Waals surface area contributed by atoms with Gasteiger partial charge in [-0.3, -0.25) is 14.7 Å². The van der Waals surface area contributed by atoms with Crippen LogP contribution in [0.4, 0.5) is 0 Å². The van der Waals surface area contributed by atoms with E-state index in [1.54, 1.807) is 18.2 Å². The van der Waals surface area contributed by atoms with Gasteiger partial charge in [0.05, 0.1) is 13.2 Å². The van der Waals surface area contributed by atoms with E-state index < -0.39 is 0 Å². The second-order valence-electron chi connectivity index (χ2n) is 5.66. The van der Waals surface area contributed by atoms with Crippen molar-refractivity contribution < 1.29 is 9.53 Å². The van der Waals surface area contributed by atoms with Crippen LogP contribution in [0.3, 0.4) is 0 Å². The molecule has 0 bridgehead atoms. The van der Waals surface area contributed by atoms with Gasteiger partial charge in [0.15, 0.2) is 0 Å². The minimum Gasteiger partial charge on any atom is -0.494 e. The van der Waals surface area contributed by atoms with Gasteiger partial charge in [0.1, 0.15) is 11.3 Å². The van der Waals surface area contributed by atoms with Crippen LogP contribution in [-0.2, 0) is 11.3 Å². The lowest BCUT2D eigenvalue weighted by Gasteiger charge is -2.26. The highest BCUT2D eigenvalue weighted by Crippen LogP contribution is 2.27. The number of likely N-dealkylation sites (N-methyl/N-ethyl adjacent to an activating group) is 2. The summed E-state index contributed by atoms with van der Waals surface area (Å²) in [6, 6.07) is 7.65. The maximum Gasteiger partial charge on any atom is 0.239 e. The molecule has 1 atom stereocenters. The highest BCUT2D eigenvalue weighted by Gasteiger charge is 2.20. The Balaban J connectivity index is 2.31. The number of methoxy groups -OCH3 is 1. The molecular formula is C17H23N3O2. The van der Waals surface area contributed by atoms with Crippen LogP contribution in [0.1, 0.15) is 12.5 Å². The van der Waals surface area contributed by atoms with Gasteiger partial charge in [-0.05, 0) is 38.7 Å². The van der Waals surface area contributed by atoms with Gasteiger partial charge in [0.2, 0.25) is 5.91 Å². The normalized spacial score (nSPS) is 12.5. The maximum atomic E-state index is 12.4. The molecule has 1 amide bonds. The largest absolute Gasteiger partial charge is 0.494 e. The van der Waals surface area contributed by atoms with E-state index in [0.717, 1.165) is 22.2 Å². The van der Waals surface area contributed by atoms with Crippen LogP contribution in [0.25, 0.3) is 10.9 Å². The molecule has 5 heteroatoms. The number of aromatic nitrogens is 1. The van der Waals surface area contributed by atoms with Crippen molar-refractivity contribution in [3.63, 3.8) is 0 Å². The molecular weight excluding hydrogens is 278 g/mol. The molecule has 0 N–H and O–H groups in total. The number of rotatable bonds is 5. The Labute approximate surface area is 131 Å². The summed E-state index contributed by atoms with van der Waals surface area (Å²) in [5, 5.41) is 1.01. The number of carbonyl (C=O) groups is 1. The number of pyridine rings is 1. The first-order chi connectivity index (χ1) is 10.5. The Kier molecular flexibility index (Phi) is 4.98. The molecule has 5 nitrogen and oxygen atoms in total. The molecule has 0 aliphatic heterocycles. The molecule has 0 fully saturated rings. The lowest BCUT2D eigenvalue weighted by Crippen LogP contribution is -2.42. The first-order valence-electron chi connectivity index (χ1n) is 7.27. The second-order valence-corrected chi connectivity index (χ2v) is 5.66. The quantitative estimate of drug-likeness (QED) is 0.849. The van der Waals surface area contributed by atoms with Crippen molar-refractivity contribution in [3.05, 3.63) is 36.0 Å². The summed E-state index contributed by atoms with van der Waals surface area (Å²) in [5.41, 5.74) is 1.88. The van der Waals surface area contributed by atoms with Crippen molar-refractivity contribution in [1.29, 1.82) is 0 Å². The Morgan fingerprint density at radius 1 is 1.27 bits per heavy atom. The van der Waals surface area contributed by atoms with Crippen LogP contribution in [0.2, 0.25) is 0 Å². The first kappa shape index (κ1) is 16.2. The fourth-order valence-electron chi connectivity index (χ4n) is 2.38. The number of benzene rings is 1. The molecule has 22 heavy (non-hydrogen) atoms. The zero-order valence-corrected chi connectivity index (χ0v) is 13.8. The number of amides is 1. The lowest BCUT2D eigenvalue weighted by molar-refractivity contribution is -0.134. The van der Waals surface area contributed by atoms with Gasteiger partial charge in [0.25, 0.3) is 0 Å². The van der Waals surface area contributed by atoms with E-state index in [9.17, 15) is 4.79 Å². The predicted octanol–water partition coefficient (Wildman–Crippen LogP) is 2.15. The number of fused-ring (bicyclic) bond motifs is 1. The van der Waals surface area contributed by atoms with Crippen LogP contribution in [0, 0.1) is 0 Å². The Bertz CT molecular complexity index is 670. The summed E-state index contributed by atoms with van der Waals surface area (Å²) in [7, 11) is 7.28. The molecule has 0 saturated carbocycles. The zero-order chi connectivity index (χ0) is 16.3. The predicted molar refractivity (Wildman–Crippen MR) is 87.9 cm³/mol. The lowest BCUT2D eigenvalue weighted by atomic mass is 10.1. The van der Waals surface area contributed by atoms with Crippen LogP contribution >= 0.6 is 0 Å². The fraction of sp³-hybridized carbons (Fsp3) is 0.412. The van der Waals surface area contributed by atoms with Gasteiger partial charge < -0.3 is 9.64 Å². The standard InChI is InChI=1S/C17H23N3O2/c1-12(19(2)3)17(21)20(4)11-13-8-9-15(22-5)16-14(13)7-6-10-18-16/h6-10,12H,11H2,1-5H3. The smallest absolute Gasteiger partial charge is 0.239 e. The fourth-order valence-corrected chi connectivity index (χ4v) is 2.38. The van der Waals surface area contributed by atoms with E-state index in [-0.39, 0.29) is 11.9 Å². The van der Waals surface area contributed by atoms with Crippen LogP contribution in [0.5, 0.6) is 5.75 Å². The Morgan fingerprint density at radius 3 is 2.64 bits per heavy atom. The Morgan fingerprint density at radius 2 is 2.00 bits per heavy atom. The van der Waals surface area contributed by atoms with Crippen LogP contribution in [0.15, 0.2) is 30.5 Å². The number of nitrogens with zero attached hydrogens (tertiary/aromatic N) is 3. The molecule has 2 rings (SSSR count). The van der Waals surface area contributed by atoms with Gasteiger partial charge in [-0.1, -0.05) is 12.1 Å². The SMILES string of the molecule is COc1ccc(CN(C)C(=O)C(C)N(C)C)c2cccnc12. The summed E-state index contributed by atoms with van der Waals surface area (Å²) in [5.74, 6) is 0.841. The molecule has 0 aliphatic rings. The number of hydrogen-bond donors (Lipinski definition) is 0. The van der Waals surface area contributed by atoms with Crippen LogP contribution in [-0.4, -0.2) is 55.0 Å². The number of hydrogen-bond acceptors (Lipinski definition) is 4. The Hall–Kier alpha value is -2.14. The minimum atomic E-state index is -0.146. The maximum absolute atomic E-state index is 12.4. The molecule has 0 spiro atoms. The molecule has 2 aromatic rings. The topological polar surface area (TPSA) is 45.7 Å². The van der Waals surface area contributed by atoms with Gasteiger partial charge in [-0.25, -0.2) is 0 Å². The van der Waals surface area contributed by atoms with Crippen molar-refractivity contribution in [3.8, 4) is 5.75 Å². The minimum absolute atomic E-state index is 0.0952. The van der Waals surface area contributed by atoms with Crippen molar-refractivity contribution >= 4 is 16.8 Å². The van der Waals surface area contributed by atoms with E-state index in [1.165, 1.54) is 0 Å². The number of carbonyl (C=O) groups excluding carboxylic acids is 1. The highest BCUT2D eigenvalue weighted by atomic mass is 16.5. The number of ether oxygens (including phenoxy) is 1. The van der Waals surface area contributed by atoms with Gasteiger partial charge in [0, 0.05) is 25.2 Å². The van der Waals surface area contributed by atoms with E-state index in [2.05, 4.69) is 4.98 Å². The zero-order valence-electron chi connectivity index (χ0n) is 13.8.